The number of benzene rings is 1. The van der Waals surface area contributed by atoms with Crippen LogP contribution in [0, 0.1) is 0 Å². The highest BCUT2D eigenvalue weighted by Gasteiger charge is 2.14. The Morgan fingerprint density at radius 1 is 1.33 bits per heavy atom. The van der Waals surface area contributed by atoms with Crippen molar-refractivity contribution in [2.75, 3.05) is 6.54 Å². The van der Waals surface area contributed by atoms with Crippen molar-refractivity contribution in [2.24, 2.45) is 5.84 Å². The van der Waals surface area contributed by atoms with Crippen LogP contribution in [0.25, 0.3) is 0 Å². The predicted molar refractivity (Wildman–Crippen MR) is 64.2 cm³/mol. The van der Waals surface area contributed by atoms with Crippen LogP contribution in [0.15, 0.2) is 42.5 Å². The van der Waals surface area contributed by atoms with Crippen molar-refractivity contribution >= 4 is 11.9 Å². The van der Waals surface area contributed by atoms with Gasteiger partial charge in [0.25, 0.3) is 0 Å². The molecule has 0 bridgehead atoms. The number of aliphatic carboxylic acids is 1. The number of carboxylic acids is 1. The Labute approximate surface area is 104 Å². The van der Waals surface area contributed by atoms with Crippen molar-refractivity contribution in [1.29, 1.82) is 0 Å². The molecule has 0 saturated heterocycles. The molecule has 1 rings (SSSR count). The molecule has 6 nitrogen and oxygen atoms in total. The van der Waals surface area contributed by atoms with E-state index in [0.29, 0.717) is 0 Å². The van der Waals surface area contributed by atoms with Crippen LogP contribution in [0.4, 0.5) is 0 Å². The smallest absolute Gasteiger partial charge is 0.331 e. The molecule has 0 fully saturated rings. The van der Waals surface area contributed by atoms with Crippen molar-refractivity contribution in [3.63, 3.8) is 0 Å². The summed E-state index contributed by atoms with van der Waals surface area (Å²) in [5, 5.41) is 8.39. The van der Waals surface area contributed by atoms with Crippen LogP contribution in [0.3, 0.4) is 0 Å². The normalized spacial score (nSPS) is 12.3. The van der Waals surface area contributed by atoms with E-state index in [-0.39, 0.29) is 6.54 Å². The SMILES string of the molecule is NNCC(OC(=O)/C=C\C(=O)O)c1ccccc1. The maximum atomic E-state index is 11.4. The number of esters is 1. The summed E-state index contributed by atoms with van der Waals surface area (Å²) in [6, 6.07) is 9.02. The average Bonchev–Trinajstić information content (AvgIpc) is 2.37. The zero-order chi connectivity index (χ0) is 13.4. The first-order valence-electron chi connectivity index (χ1n) is 5.23. The summed E-state index contributed by atoms with van der Waals surface area (Å²) in [5.74, 6) is 3.27. The van der Waals surface area contributed by atoms with Gasteiger partial charge in [-0.1, -0.05) is 30.3 Å². The number of hydrogen-bond acceptors (Lipinski definition) is 5. The number of hydrazine groups is 1. The van der Waals surface area contributed by atoms with Gasteiger partial charge in [-0.3, -0.25) is 11.3 Å². The van der Waals surface area contributed by atoms with Crippen molar-refractivity contribution in [2.45, 2.75) is 6.10 Å². The number of hydrogen-bond donors (Lipinski definition) is 3. The maximum absolute atomic E-state index is 11.4. The van der Waals surface area contributed by atoms with E-state index in [0.717, 1.165) is 17.7 Å². The maximum Gasteiger partial charge on any atom is 0.331 e. The van der Waals surface area contributed by atoms with E-state index in [9.17, 15) is 9.59 Å². The third-order valence-electron chi connectivity index (χ3n) is 2.10. The van der Waals surface area contributed by atoms with E-state index in [1.54, 1.807) is 24.3 Å². The fourth-order valence-corrected chi connectivity index (χ4v) is 1.32. The van der Waals surface area contributed by atoms with Gasteiger partial charge in [-0.2, -0.15) is 0 Å². The second-order valence-corrected chi connectivity index (χ2v) is 3.42. The first-order chi connectivity index (χ1) is 8.63. The summed E-state index contributed by atoms with van der Waals surface area (Å²) in [4.78, 5) is 21.6. The van der Waals surface area contributed by atoms with Gasteiger partial charge in [-0.05, 0) is 5.56 Å². The molecule has 0 aliphatic rings. The lowest BCUT2D eigenvalue weighted by molar-refractivity contribution is -0.143. The molecule has 0 aliphatic heterocycles. The lowest BCUT2D eigenvalue weighted by Gasteiger charge is -2.16. The van der Waals surface area contributed by atoms with Crippen LogP contribution in [0.5, 0.6) is 0 Å². The molecule has 0 amide bonds. The molecule has 4 N–H and O–H groups in total. The van der Waals surface area contributed by atoms with Crippen LogP contribution in [-0.2, 0) is 14.3 Å². The molecule has 1 aromatic rings. The number of rotatable bonds is 6. The molecule has 1 aromatic carbocycles. The van der Waals surface area contributed by atoms with Crippen molar-refractivity contribution in [3.05, 3.63) is 48.0 Å². The summed E-state index contributed by atoms with van der Waals surface area (Å²) in [6.07, 6.45) is 1.01. The summed E-state index contributed by atoms with van der Waals surface area (Å²) in [7, 11) is 0. The number of carboxylic acid groups (broad SMARTS) is 1. The highest BCUT2D eigenvalue weighted by Crippen LogP contribution is 2.16. The van der Waals surface area contributed by atoms with Crippen LogP contribution >= 0.6 is 0 Å². The molecule has 0 saturated carbocycles. The Morgan fingerprint density at radius 2 is 2.00 bits per heavy atom. The Morgan fingerprint density at radius 3 is 2.56 bits per heavy atom. The fraction of sp³-hybridized carbons (Fsp3) is 0.167. The first-order valence-corrected chi connectivity index (χ1v) is 5.23. The van der Waals surface area contributed by atoms with Gasteiger partial charge in [0.05, 0.1) is 6.54 Å². The van der Waals surface area contributed by atoms with Gasteiger partial charge in [0.1, 0.15) is 6.10 Å². The number of carbonyl (C=O) groups is 2. The number of carbonyl (C=O) groups excluding carboxylic acids is 1. The molecule has 0 aromatic heterocycles. The third kappa shape index (κ3) is 4.77. The van der Waals surface area contributed by atoms with Crippen LogP contribution in [0.1, 0.15) is 11.7 Å². The van der Waals surface area contributed by atoms with E-state index in [1.807, 2.05) is 6.07 Å². The zero-order valence-electron chi connectivity index (χ0n) is 9.58. The van der Waals surface area contributed by atoms with Crippen molar-refractivity contribution in [3.8, 4) is 0 Å². The molecule has 0 radical (unpaired) electrons. The summed E-state index contributed by atoms with van der Waals surface area (Å²) < 4.78 is 5.10. The highest BCUT2D eigenvalue weighted by molar-refractivity contribution is 5.90. The van der Waals surface area contributed by atoms with E-state index in [1.165, 1.54) is 0 Å². The summed E-state index contributed by atoms with van der Waals surface area (Å²) in [6.45, 7) is 0.233. The lowest BCUT2D eigenvalue weighted by atomic mass is 10.1. The second kappa shape index (κ2) is 7.21. The molecule has 18 heavy (non-hydrogen) atoms. The molecule has 0 aliphatic carbocycles. The molecule has 0 heterocycles. The first kappa shape index (κ1) is 13.9. The number of ether oxygens (including phenoxy) is 1. The van der Waals surface area contributed by atoms with Crippen molar-refractivity contribution in [1.82, 2.24) is 5.43 Å². The van der Waals surface area contributed by atoms with Gasteiger partial charge >= 0.3 is 11.9 Å². The minimum atomic E-state index is -1.21. The van der Waals surface area contributed by atoms with Gasteiger partial charge in [0.15, 0.2) is 0 Å². The molecule has 0 spiro atoms. The van der Waals surface area contributed by atoms with Crippen molar-refractivity contribution < 1.29 is 19.4 Å². The zero-order valence-corrected chi connectivity index (χ0v) is 9.58. The fourth-order valence-electron chi connectivity index (χ4n) is 1.32. The Hall–Kier alpha value is -2.18. The Kier molecular flexibility index (Phi) is 5.56. The topological polar surface area (TPSA) is 102 Å². The molecule has 6 heteroatoms. The standard InChI is InChI=1S/C12H14N2O4/c13-14-8-10(9-4-2-1-3-5-9)18-12(17)7-6-11(15)16/h1-7,10,14H,8,13H2,(H,15,16)/b7-6-. The summed E-state index contributed by atoms with van der Waals surface area (Å²) in [5.41, 5.74) is 3.19. The monoisotopic (exact) mass is 250 g/mol. The van der Waals surface area contributed by atoms with Gasteiger partial charge < -0.3 is 9.84 Å². The predicted octanol–water partition coefficient (Wildman–Crippen LogP) is 0.375. The lowest BCUT2D eigenvalue weighted by Crippen LogP contribution is -2.30. The molecule has 1 unspecified atom stereocenters. The largest absolute Gasteiger partial charge is 0.478 e. The molecular formula is C12H14N2O4. The summed E-state index contributed by atoms with van der Waals surface area (Å²) >= 11 is 0. The Balaban J connectivity index is 2.69. The van der Waals surface area contributed by atoms with Gasteiger partial charge in [0, 0.05) is 12.2 Å². The van der Waals surface area contributed by atoms with Crippen LogP contribution in [0.2, 0.25) is 0 Å². The minimum Gasteiger partial charge on any atom is -0.478 e. The third-order valence-corrected chi connectivity index (χ3v) is 2.10. The molecule has 96 valence electrons. The highest BCUT2D eigenvalue weighted by atomic mass is 16.5. The second-order valence-electron chi connectivity index (χ2n) is 3.42. The Bertz CT molecular complexity index is 431. The van der Waals surface area contributed by atoms with Crippen LogP contribution < -0.4 is 11.3 Å². The molecular weight excluding hydrogens is 236 g/mol. The van der Waals surface area contributed by atoms with Crippen LogP contribution in [-0.4, -0.2) is 23.6 Å². The number of nitrogens with one attached hydrogen (secondary N) is 1. The van der Waals surface area contributed by atoms with E-state index in [2.05, 4.69) is 5.43 Å². The average molecular weight is 250 g/mol. The quantitative estimate of drug-likeness (QED) is 0.292. The van der Waals surface area contributed by atoms with Gasteiger partial charge in [0.2, 0.25) is 0 Å². The van der Waals surface area contributed by atoms with E-state index >= 15 is 0 Å². The van der Waals surface area contributed by atoms with E-state index < -0.39 is 18.0 Å². The van der Waals surface area contributed by atoms with Gasteiger partial charge in [-0.15, -0.1) is 0 Å². The van der Waals surface area contributed by atoms with E-state index in [4.69, 9.17) is 15.7 Å². The molecule has 1 atom stereocenters. The minimum absolute atomic E-state index is 0.233. The van der Waals surface area contributed by atoms with Gasteiger partial charge in [-0.25, -0.2) is 9.59 Å². The number of nitrogens with two attached hydrogens (primary N) is 1.